The lowest BCUT2D eigenvalue weighted by Crippen LogP contribution is -1.95. The van der Waals surface area contributed by atoms with Crippen LogP contribution in [0.1, 0.15) is 16.2 Å². The van der Waals surface area contributed by atoms with Gasteiger partial charge in [0.25, 0.3) is 0 Å². The molecule has 2 heterocycles. The lowest BCUT2D eigenvalue weighted by Gasteiger charge is -1.85. The molecule has 72 valence electrons. The minimum absolute atomic E-state index is 0.0500. The Kier molecular flexibility index (Phi) is 1.81. The summed E-state index contributed by atoms with van der Waals surface area (Å²) in [6, 6.07) is 1.43. The Balaban J connectivity index is 2.38. The summed E-state index contributed by atoms with van der Waals surface area (Å²) in [5.41, 5.74) is 1.45. The predicted molar refractivity (Wildman–Crippen MR) is 47.9 cm³/mol. The van der Waals surface area contributed by atoms with Crippen LogP contribution in [0.3, 0.4) is 0 Å². The summed E-state index contributed by atoms with van der Waals surface area (Å²) in [7, 11) is 0. The molecular formula is C8H8N4O2. The first-order chi connectivity index (χ1) is 6.66. The number of carboxylic acid groups (broad SMARTS) is 1. The molecule has 0 unspecified atom stereocenters. The van der Waals surface area contributed by atoms with E-state index in [-0.39, 0.29) is 5.69 Å². The van der Waals surface area contributed by atoms with E-state index in [9.17, 15) is 4.79 Å². The Morgan fingerprint density at radius 2 is 2.36 bits per heavy atom. The Morgan fingerprint density at radius 1 is 1.57 bits per heavy atom. The lowest BCUT2D eigenvalue weighted by atomic mass is 10.3. The van der Waals surface area contributed by atoms with E-state index in [0.717, 1.165) is 5.69 Å². The van der Waals surface area contributed by atoms with Crippen LogP contribution in [0.5, 0.6) is 0 Å². The van der Waals surface area contributed by atoms with Crippen molar-refractivity contribution >= 4 is 5.97 Å². The van der Waals surface area contributed by atoms with Gasteiger partial charge in [-0.3, -0.25) is 5.10 Å². The van der Waals surface area contributed by atoms with Crippen LogP contribution < -0.4 is 0 Å². The Hall–Kier alpha value is -2.11. The highest BCUT2D eigenvalue weighted by atomic mass is 16.4. The van der Waals surface area contributed by atoms with Crippen molar-refractivity contribution in [1.82, 2.24) is 20.2 Å². The largest absolute Gasteiger partial charge is 0.477 e. The molecule has 0 atom stereocenters. The van der Waals surface area contributed by atoms with Crippen molar-refractivity contribution in [3.63, 3.8) is 0 Å². The smallest absolute Gasteiger partial charge is 0.353 e. The Bertz CT molecular complexity index is 471. The van der Waals surface area contributed by atoms with E-state index in [2.05, 4.69) is 20.2 Å². The maximum absolute atomic E-state index is 10.5. The van der Waals surface area contributed by atoms with Gasteiger partial charge in [0, 0.05) is 18.0 Å². The van der Waals surface area contributed by atoms with E-state index in [0.29, 0.717) is 11.5 Å². The molecule has 0 aliphatic carbocycles. The van der Waals surface area contributed by atoms with Crippen molar-refractivity contribution in [1.29, 1.82) is 0 Å². The van der Waals surface area contributed by atoms with E-state index in [1.54, 1.807) is 6.20 Å². The fourth-order valence-electron chi connectivity index (χ4n) is 1.10. The van der Waals surface area contributed by atoms with Gasteiger partial charge in [-0.15, -0.1) is 0 Å². The normalized spacial score (nSPS) is 10.4. The summed E-state index contributed by atoms with van der Waals surface area (Å²) in [4.78, 5) is 17.5. The van der Waals surface area contributed by atoms with Crippen LogP contribution in [0.4, 0.5) is 0 Å². The van der Waals surface area contributed by atoms with Crippen LogP contribution in [0.25, 0.3) is 11.5 Å². The summed E-state index contributed by atoms with van der Waals surface area (Å²) in [5.74, 6) is -0.474. The molecule has 6 nitrogen and oxygen atoms in total. The van der Waals surface area contributed by atoms with Crippen LogP contribution in [-0.2, 0) is 0 Å². The molecule has 0 aliphatic rings. The Morgan fingerprint density at radius 3 is 2.86 bits per heavy atom. The molecule has 0 bridgehead atoms. The minimum atomic E-state index is -1.04. The molecule has 0 spiro atoms. The first kappa shape index (κ1) is 8.49. The average Bonchev–Trinajstić information content (AvgIpc) is 2.70. The number of rotatable bonds is 2. The van der Waals surface area contributed by atoms with Gasteiger partial charge < -0.3 is 10.1 Å². The third-order valence-electron chi connectivity index (χ3n) is 1.75. The summed E-state index contributed by atoms with van der Waals surface area (Å²) < 4.78 is 0. The lowest BCUT2D eigenvalue weighted by molar-refractivity contribution is 0.0690. The molecule has 0 aromatic carbocycles. The maximum atomic E-state index is 10.5. The quantitative estimate of drug-likeness (QED) is 0.656. The molecule has 0 fully saturated rings. The van der Waals surface area contributed by atoms with Crippen molar-refractivity contribution in [2.45, 2.75) is 6.92 Å². The molecule has 2 rings (SSSR count). The second-order valence-electron chi connectivity index (χ2n) is 2.89. The molecule has 0 saturated heterocycles. The van der Waals surface area contributed by atoms with Crippen molar-refractivity contribution in [3.05, 3.63) is 23.7 Å². The number of H-pyrrole nitrogens is 2. The van der Waals surface area contributed by atoms with Gasteiger partial charge in [-0.05, 0) is 6.92 Å². The van der Waals surface area contributed by atoms with Gasteiger partial charge in [0.05, 0.1) is 0 Å². The van der Waals surface area contributed by atoms with Gasteiger partial charge in [-0.1, -0.05) is 0 Å². The van der Waals surface area contributed by atoms with Crippen LogP contribution in [0, 0.1) is 6.92 Å². The molecule has 0 amide bonds. The van der Waals surface area contributed by atoms with Gasteiger partial charge >= 0.3 is 5.97 Å². The van der Waals surface area contributed by atoms with Gasteiger partial charge in [0.2, 0.25) is 0 Å². The first-order valence-corrected chi connectivity index (χ1v) is 3.97. The van der Waals surface area contributed by atoms with Gasteiger partial charge in [-0.2, -0.15) is 5.10 Å². The fraction of sp³-hybridized carbons (Fsp3) is 0.125. The third-order valence-corrected chi connectivity index (χ3v) is 1.75. The van der Waals surface area contributed by atoms with Crippen LogP contribution >= 0.6 is 0 Å². The molecule has 0 aliphatic heterocycles. The number of carboxylic acids is 1. The number of carbonyl (C=O) groups is 1. The molecule has 6 heteroatoms. The summed E-state index contributed by atoms with van der Waals surface area (Å²) >= 11 is 0. The second-order valence-corrected chi connectivity index (χ2v) is 2.89. The minimum Gasteiger partial charge on any atom is -0.477 e. The van der Waals surface area contributed by atoms with E-state index < -0.39 is 5.97 Å². The number of hydrogen-bond acceptors (Lipinski definition) is 3. The standard InChI is InChI=1S/C8H8N4O2/c1-4-3-9-7(10-4)5-2-6(8(13)14)12-11-5/h2-3H,1H3,(H,9,10)(H,11,12)(H,13,14). The number of imidazole rings is 1. The maximum Gasteiger partial charge on any atom is 0.353 e. The van der Waals surface area contributed by atoms with Crippen LogP contribution in [0.2, 0.25) is 0 Å². The van der Waals surface area contributed by atoms with Gasteiger partial charge in [0.1, 0.15) is 11.4 Å². The number of aromatic nitrogens is 4. The zero-order valence-electron chi connectivity index (χ0n) is 7.40. The monoisotopic (exact) mass is 192 g/mol. The molecule has 0 radical (unpaired) electrons. The first-order valence-electron chi connectivity index (χ1n) is 3.97. The van der Waals surface area contributed by atoms with Crippen molar-refractivity contribution < 1.29 is 9.90 Å². The molecule has 0 saturated carbocycles. The highest BCUT2D eigenvalue weighted by Gasteiger charge is 2.10. The molecule has 3 N–H and O–H groups in total. The molecule has 2 aromatic heterocycles. The van der Waals surface area contributed by atoms with Gasteiger partial charge in [-0.25, -0.2) is 9.78 Å². The fourth-order valence-corrected chi connectivity index (χ4v) is 1.10. The molecule has 14 heavy (non-hydrogen) atoms. The number of aromatic amines is 2. The van der Waals surface area contributed by atoms with E-state index in [4.69, 9.17) is 5.11 Å². The van der Waals surface area contributed by atoms with Crippen LogP contribution in [-0.4, -0.2) is 31.2 Å². The Labute approximate surface area is 79.0 Å². The number of hydrogen-bond donors (Lipinski definition) is 3. The zero-order chi connectivity index (χ0) is 10.1. The van der Waals surface area contributed by atoms with E-state index in [1.165, 1.54) is 6.07 Å². The predicted octanol–water partition coefficient (Wildman–Crippen LogP) is 0.806. The van der Waals surface area contributed by atoms with Crippen molar-refractivity contribution in [2.75, 3.05) is 0 Å². The second kappa shape index (κ2) is 2.99. The summed E-state index contributed by atoms with van der Waals surface area (Å²) in [5, 5.41) is 14.9. The van der Waals surface area contributed by atoms with Crippen molar-refractivity contribution in [3.8, 4) is 11.5 Å². The third kappa shape index (κ3) is 1.37. The molecule has 2 aromatic rings. The summed E-state index contributed by atoms with van der Waals surface area (Å²) in [6.45, 7) is 1.86. The van der Waals surface area contributed by atoms with Crippen LogP contribution in [0.15, 0.2) is 12.3 Å². The average molecular weight is 192 g/mol. The highest BCUT2D eigenvalue weighted by molar-refractivity contribution is 5.86. The number of aryl methyl sites for hydroxylation is 1. The van der Waals surface area contributed by atoms with Crippen molar-refractivity contribution in [2.24, 2.45) is 0 Å². The molecular weight excluding hydrogens is 184 g/mol. The summed E-state index contributed by atoms with van der Waals surface area (Å²) in [6.07, 6.45) is 1.66. The topological polar surface area (TPSA) is 94.7 Å². The number of aromatic carboxylic acids is 1. The number of nitrogens with zero attached hydrogens (tertiary/aromatic N) is 2. The number of nitrogens with one attached hydrogen (secondary N) is 2. The van der Waals surface area contributed by atoms with Gasteiger partial charge in [0.15, 0.2) is 5.82 Å². The zero-order valence-corrected chi connectivity index (χ0v) is 7.40. The highest BCUT2D eigenvalue weighted by Crippen LogP contribution is 2.13. The van der Waals surface area contributed by atoms with E-state index >= 15 is 0 Å². The SMILES string of the molecule is Cc1cnc(-c2cc(C(=O)O)[nH]n2)[nH]1. The van der Waals surface area contributed by atoms with E-state index in [1.807, 2.05) is 6.92 Å².